The SMILES string of the molecule is CCC(=O)c1ccccc1OCc1ccc(Cl)c(Cl)c1. The molecule has 0 aliphatic carbocycles. The number of ether oxygens (including phenoxy) is 1. The summed E-state index contributed by atoms with van der Waals surface area (Å²) >= 11 is 11.8. The summed E-state index contributed by atoms with van der Waals surface area (Å²) in [7, 11) is 0. The Morgan fingerprint density at radius 3 is 2.55 bits per heavy atom. The predicted octanol–water partition coefficient (Wildman–Crippen LogP) is 5.17. The summed E-state index contributed by atoms with van der Waals surface area (Å²) in [5.41, 5.74) is 1.51. The van der Waals surface area contributed by atoms with Crippen LogP contribution in [0.5, 0.6) is 5.75 Å². The van der Waals surface area contributed by atoms with Crippen LogP contribution in [0.1, 0.15) is 29.3 Å². The zero-order valence-corrected chi connectivity index (χ0v) is 12.5. The van der Waals surface area contributed by atoms with Crippen molar-refractivity contribution >= 4 is 29.0 Å². The molecule has 0 aromatic heterocycles. The molecular formula is C16H14Cl2O2. The Bertz CT molecular complexity index is 624. The van der Waals surface area contributed by atoms with Crippen LogP contribution in [0.15, 0.2) is 42.5 Å². The lowest BCUT2D eigenvalue weighted by molar-refractivity contribution is 0.0983. The molecule has 0 radical (unpaired) electrons. The van der Waals surface area contributed by atoms with Crippen molar-refractivity contribution in [2.24, 2.45) is 0 Å². The monoisotopic (exact) mass is 308 g/mol. The van der Waals surface area contributed by atoms with Gasteiger partial charge in [-0.1, -0.05) is 48.3 Å². The van der Waals surface area contributed by atoms with Gasteiger partial charge in [0.05, 0.1) is 15.6 Å². The zero-order chi connectivity index (χ0) is 14.5. The van der Waals surface area contributed by atoms with E-state index >= 15 is 0 Å². The summed E-state index contributed by atoms with van der Waals surface area (Å²) < 4.78 is 5.72. The number of Topliss-reactive ketones (excluding diaryl/α,β-unsaturated/α-hetero) is 1. The van der Waals surface area contributed by atoms with Gasteiger partial charge in [-0.25, -0.2) is 0 Å². The van der Waals surface area contributed by atoms with Gasteiger partial charge in [-0.15, -0.1) is 0 Å². The van der Waals surface area contributed by atoms with E-state index in [1.54, 1.807) is 24.3 Å². The van der Waals surface area contributed by atoms with Crippen molar-refractivity contribution in [3.8, 4) is 5.75 Å². The molecule has 2 aromatic carbocycles. The second-order valence-electron chi connectivity index (χ2n) is 4.31. The number of carbonyl (C=O) groups is 1. The van der Waals surface area contributed by atoms with Crippen molar-refractivity contribution in [2.45, 2.75) is 20.0 Å². The molecule has 2 aromatic rings. The topological polar surface area (TPSA) is 26.3 Å². The molecule has 0 amide bonds. The van der Waals surface area contributed by atoms with E-state index in [1.165, 1.54) is 0 Å². The van der Waals surface area contributed by atoms with E-state index in [4.69, 9.17) is 27.9 Å². The van der Waals surface area contributed by atoms with Crippen LogP contribution in [-0.2, 0) is 6.61 Å². The molecule has 0 bridgehead atoms. The molecule has 0 heterocycles. The van der Waals surface area contributed by atoms with Crippen molar-refractivity contribution in [3.05, 3.63) is 63.6 Å². The number of hydrogen-bond acceptors (Lipinski definition) is 2. The molecule has 0 N–H and O–H groups in total. The number of ketones is 1. The molecule has 0 spiro atoms. The van der Waals surface area contributed by atoms with Gasteiger partial charge in [0, 0.05) is 6.42 Å². The molecular weight excluding hydrogens is 295 g/mol. The first kappa shape index (κ1) is 14.9. The van der Waals surface area contributed by atoms with Crippen LogP contribution in [0.2, 0.25) is 10.0 Å². The number of benzene rings is 2. The minimum atomic E-state index is 0.0646. The van der Waals surface area contributed by atoms with Gasteiger partial charge >= 0.3 is 0 Å². The maximum Gasteiger partial charge on any atom is 0.166 e. The normalized spacial score (nSPS) is 10.3. The van der Waals surface area contributed by atoms with Crippen molar-refractivity contribution in [1.29, 1.82) is 0 Å². The van der Waals surface area contributed by atoms with Crippen LogP contribution >= 0.6 is 23.2 Å². The third-order valence-corrected chi connectivity index (χ3v) is 3.63. The van der Waals surface area contributed by atoms with Crippen molar-refractivity contribution in [2.75, 3.05) is 0 Å². The van der Waals surface area contributed by atoms with E-state index in [0.717, 1.165) is 5.56 Å². The minimum absolute atomic E-state index is 0.0646. The van der Waals surface area contributed by atoms with Gasteiger partial charge in [-0.05, 0) is 29.8 Å². The van der Waals surface area contributed by atoms with Crippen LogP contribution < -0.4 is 4.74 Å². The first-order valence-corrected chi connectivity index (χ1v) is 7.06. The van der Waals surface area contributed by atoms with Gasteiger partial charge in [0.25, 0.3) is 0 Å². The predicted molar refractivity (Wildman–Crippen MR) is 81.9 cm³/mol. The van der Waals surface area contributed by atoms with Crippen LogP contribution in [0.25, 0.3) is 0 Å². The average Bonchev–Trinajstić information content (AvgIpc) is 2.48. The van der Waals surface area contributed by atoms with Crippen molar-refractivity contribution in [1.82, 2.24) is 0 Å². The van der Waals surface area contributed by atoms with E-state index in [9.17, 15) is 4.79 Å². The molecule has 0 aliphatic rings. The molecule has 2 rings (SSSR count). The fraction of sp³-hybridized carbons (Fsp3) is 0.188. The lowest BCUT2D eigenvalue weighted by atomic mass is 10.1. The maximum atomic E-state index is 11.8. The van der Waals surface area contributed by atoms with Gasteiger partial charge in [0.15, 0.2) is 5.78 Å². The molecule has 0 atom stereocenters. The highest BCUT2D eigenvalue weighted by molar-refractivity contribution is 6.42. The van der Waals surface area contributed by atoms with Gasteiger partial charge in [-0.3, -0.25) is 4.79 Å². The largest absolute Gasteiger partial charge is 0.488 e. The van der Waals surface area contributed by atoms with E-state index in [1.807, 2.05) is 25.1 Å². The van der Waals surface area contributed by atoms with Gasteiger partial charge in [0.1, 0.15) is 12.4 Å². The molecule has 104 valence electrons. The van der Waals surface area contributed by atoms with Crippen LogP contribution in [0, 0.1) is 0 Å². The highest BCUT2D eigenvalue weighted by Gasteiger charge is 2.10. The summed E-state index contributed by atoms with van der Waals surface area (Å²) in [5, 5.41) is 1.00. The third-order valence-electron chi connectivity index (χ3n) is 2.89. The Balaban J connectivity index is 2.14. The molecule has 20 heavy (non-hydrogen) atoms. The molecule has 0 aliphatic heterocycles. The second kappa shape index (κ2) is 6.78. The molecule has 4 heteroatoms. The molecule has 0 saturated heterocycles. The van der Waals surface area contributed by atoms with E-state index in [-0.39, 0.29) is 5.78 Å². The molecule has 0 fully saturated rings. The first-order valence-electron chi connectivity index (χ1n) is 6.30. The summed E-state index contributed by atoms with van der Waals surface area (Å²) in [5.74, 6) is 0.653. The fourth-order valence-corrected chi connectivity index (χ4v) is 2.12. The Morgan fingerprint density at radius 2 is 1.85 bits per heavy atom. The Hall–Kier alpha value is -1.51. The number of para-hydroxylation sites is 1. The highest BCUT2D eigenvalue weighted by Crippen LogP contribution is 2.25. The van der Waals surface area contributed by atoms with E-state index in [0.29, 0.717) is 34.4 Å². The minimum Gasteiger partial charge on any atom is -0.488 e. The van der Waals surface area contributed by atoms with Gasteiger partial charge < -0.3 is 4.74 Å². The number of rotatable bonds is 5. The summed E-state index contributed by atoms with van der Waals surface area (Å²) in [6.45, 7) is 2.17. The van der Waals surface area contributed by atoms with Crippen molar-refractivity contribution in [3.63, 3.8) is 0 Å². The van der Waals surface area contributed by atoms with E-state index in [2.05, 4.69) is 0 Å². The lowest BCUT2D eigenvalue weighted by Gasteiger charge is -2.10. The first-order chi connectivity index (χ1) is 9.61. The quantitative estimate of drug-likeness (QED) is 0.713. The number of carbonyl (C=O) groups excluding carboxylic acids is 1. The fourth-order valence-electron chi connectivity index (χ4n) is 1.80. The Kier molecular flexibility index (Phi) is 5.05. The number of halogens is 2. The van der Waals surface area contributed by atoms with Gasteiger partial charge in [-0.2, -0.15) is 0 Å². The smallest absolute Gasteiger partial charge is 0.166 e. The summed E-state index contributed by atoms with van der Waals surface area (Å²) in [6, 6.07) is 12.6. The summed E-state index contributed by atoms with van der Waals surface area (Å²) in [4.78, 5) is 11.8. The molecule has 0 unspecified atom stereocenters. The third kappa shape index (κ3) is 3.53. The number of hydrogen-bond donors (Lipinski definition) is 0. The highest BCUT2D eigenvalue weighted by atomic mass is 35.5. The maximum absolute atomic E-state index is 11.8. The molecule has 0 saturated carbocycles. The zero-order valence-electron chi connectivity index (χ0n) is 11.0. The van der Waals surface area contributed by atoms with Crippen LogP contribution in [-0.4, -0.2) is 5.78 Å². The Morgan fingerprint density at radius 1 is 1.10 bits per heavy atom. The van der Waals surface area contributed by atoms with Crippen LogP contribution in [0.4, 0.5) is 0 Å². The molecule has 2 nitrogen and oxygen atoms in total. The summed E-state index contributed by atoms with van der Waals surface area (Å²) in [6.07, 6.45) is 0.452. The second-order valence-corrected chi connectivity index (χ2v) is 5.12. The van der Waals surface area contributed by atoms with Crippen molar-refractivity contribution < 1.29 is 9.53 Å². The Labute approximate surface area is 128 Å². The average molecular weight is 309 g/mol. The lowest BCUT2D eigenvalue weighted by Crippen LogP contribution is -2.03. The standard InChI is InChI=1S/C16H14Cl2O2/c1-2-15(19)12-5-3-4-6-16(12)20-10-11-7-8-13(17)14(18)9-11/h3-9H,2,10H2,1H3. The van der Waals surface area contributed by atoms with Crippen LogP contribution in [0.3, 0.4) is 0 Å². The van der Waals surface area contributed by atoms with Gasteiger partial charge in [0.2, 0.25) is 0 Å². The van der Waals surface area contributed by atoms with E-state index < -0.39 is 0 Å².